The van der Waals surface area contributed by atoms with Crippen LogP contribution in [0.1, 0.15) is 22.1 Å². The summed E-state index contributed by atoms with van der Waals surface area (Å²) >= 11 is 7.38. The predicted molar refractivity (Wildman–Crippen MR) is 84.6 cm³/mol. The third kappa shape index (κ3) is 3.53. The molecule has 0 amide bonds. The molecule has 1 unspecified atom stereocenters. The molecule has 1 nitrogen and oxygen atoms in total. The largest absolute Gasteiger partial charge is 0.387 e. The van der Waals surface area contributed by atoms with E-state index in [1.54, 1.807) is 11.3 Å². The van der Waals surface area contributed by atoms with Crippen LogP contribution in [0.5, 0.6) is 0 Å². The average molecular weight is 423 g/mol. The highest BCUT2D eigenvalue weighted by molar-refractivity contribution is 14.1. The van der Waals surface area contributed by atoms with Crippen molar-refractivity contribution >= 4 is 49.9 Å². The second-order valence-corrected chi connectivity index (χ2v) is 7.60. The molecule has 0 saturated carbocycles. The maximum Gasteiger partial charge on any atom is 0.0922 e. The first-order valence-electron chi connectivity index (χ1n) is 5.24. The van der Waals surface area contributed by atoms with Crippen molar-refractivity contribution in [3.05, 3.63) is 53.7 Å². The van der Waals surface area contributed by atoms with Gasteiger partial charge >= 0.3 is 0 Å². The highest BCUT2D eigenvalue weighted by atomic mass is 127. The lowest BCUT2D eigenvalue weighted by Crippen LogP contribution is -1.99. The van der Waals surface area contributed by atoms with Crippen molar-refractivity contribution in [3.63, 3.8) is 0 Å². The quantitative estimate of drug-likeness (QED) is 0.710. The molecule has 17 heavy (non-hydrogen) atoms. The summed E-state index contributed by atoms with van der Waals surface area (Å²) in [4.78, 5) is 1.02. The van der Waals surface area contributed by atoms with Crippen LogP contribution in [0.3, 0.4) is 0 Å². The zero-order valence-corrected chi connectivity index (χ0v) is 13.8. The number of hydrogen-bond acceptors (Lipinski definition) is 2. The van der Waals surface area contributed by atoms with Gasteiger partial charge in [0.05, 0.1) is 9.89 Å². The van der Waals surface area contributed by atoms with Crippen molar-refractivity contribution < 1.29 is 5.11 Å². The van der Waals surface area contributed by atoms with Crippen molar-refractivity contribution in [3.8, 4) is 0 Å². The first kappa shape index (κ1) is 13.5. The van der Waals surface area contributed by atoms with Crippen LogP contribution in [-0.2, 0) is 6.42 Å². The van der Waals surface area contributed by atoms with Crippen LogP contribution in [0, 0.1) is 10.5 Å². The van der Waals surface area contributed by atoms with Gasteiger partial charge in [-0.2, -0.15) is 0 Å². The summed E-state index contributed by atoms with van der Waals surface area (Å²) in [5.74, 6) is 0. The third-order valence-electron chi connectivity index (χ3n) is 2.55. The summed E-state index contributed by atoms with van der Waals surface area (Å²) < 4.78 is 2.32. The van der Waals surface area contributed by atoms with E-state index in [4.69, 9.17) is 0 Å². The summed E-state index contributed by atoms with van der Waals surface area (Å²) in [5.41, 5.74) is 2.35. The molecule has 1 atom stereocenters. The van der Waals surface area contributed by atoms with E-state index >= 15 is 0 Å². The third-order valence-corrected chi connectivity index (χ3v) is 5.50. The number of aryl methyl sites for hydroxylation is 1. The zero-order valence-electron chi connectivity index (χ0n) is 9.28. The van der Waals surface area contributed by atoms with Crippen LogP contribution in [-0.4, -0.2) is 5.11 Å². The summed E-state index contributed by atoms with van der Waals surface area (Å²) in [7, 11) is 0. The number of benzene rings is 1. The molecule has 0 aliphatic rings. The second-order valence-electron chi connectivity index (χ2n) is 3.95. The SMILES string of the molecule is Cc1cc(C(O)Cc2ccc(I)cc2)sc1Br. The van der Waals surface area contributed by atoms with Crippen molar-refractivity contribution in [2.45, 2.75) is 19.4 Å². The van der Waals surface area contributed by atoms with E-state index in [-0.39, 0.29) is 0 Å². The summed E-state index contributed by atoms with van der Waals surface area (Å²) in [5, 5.41) is 10.2. The Morgan fingerprint density at radius 2 is 2.00 bits per heavy atom. The minimum absolute atomic E-state index is 0.412. The standard InChI is InChI=1S/C13H12BrIOS/c1-8-6-12(17-13(8)14)11(16)7-9-2-4-10(15)5-3-9/h2-6,11,16H,7H2,1H3. The molecule has 0 bridgehead atoms. The Morgan fingerprint density at radius 1 is 1.35 bits per heavy atom. The van der Waals surface area contributed by atoms with Gasteiger partial charge in [0.15, 0.2) is 0 Å². The van der Waals surface area contributed by atoms with Gasteiger partial charge < -0.3 is 5.11 Å². The van der Waals surface area contributed by atoms with E-state index < -0.39 is 6.10 Å². The number of rotatable bonds is 3. The van der Waals surface area contributed by atoms with E-state index in [1.807, 2.05) is 13.0 Å². The van der Waals surface area contributed by atoms with Crippen LogP contribution in [0.2, 0.25) is 0 Å². The van der Waals surface area contributed by atoms with Crippen LogP contribution in [0.25, 0.3) is 0 Å². The molecule has 1 heterocycles. The Labute approximate surface area is 127 Å². The monoisotopic (exact) mass is 422 g/mol. The molecule has 0 fully saturated rings. The van der Waals surface area contributed by atoms with E-state index in [9.17, 15) is 5.11 Å². The number of halogens is 2. The molecule has 2 rings (SSSR count). The molecule has 0 saturated heterocycles. The fourth-order valence-electron chi connectivity index (χ4n) is 1.59. The van der Waals surface area contributed by atoms with Crippen LogP contribution < -0.4 is 0 Å². The lowest BCUT2D eigenvalue weighted by atomic mass is 10.1. The molecule has 4 heteroatoms. The van der Waals surface area contributed by atoms with Gasteiger partial charge in [0.2, 0.25) is 0 Å². The fraction of sp³-hybridized carbons (Fsp3) is 0.231. The minimum atomic E-state index is -0.412. The molecule has 0 spiro atoms. The highest BCUT2D eigenvalue weighted by Gasteiger charge is 2.12. The fourth-order valence-corrected chi connectivity index (χ4v) is 3.51. The van der Waals surface area contributed by atoms with Gasteiger partial charge in [-0.25, -0.2) is 0 Å². The summed E-state index contributed by atoms with van der Waals surface area (Å²) in [6.07, 6.45) is 0.258. The first-order valence-corrected chi connectivity index (χ1v) is 7.93. The smallest absolute Gasteiger partial charge is 0.0922 e. The molecule has 90 valence electrons. The molecular weight excluding hydrogens is 411 g/mol. The summed E-state index contributed by atoms with van der Waals surface area (Å²) in [6.45, 7) is 2.04. The van der Waals surface area contributed by atoms with Crippen LogP contribution in [0.4, 0.5) is 0 Å². The highest BCUT2D eigenvalue weighted by Crippen LogP contribution is 2.32. The molecule has 0 aliphatic carbocycles. The molecule has 1 aromatic heterocycles. The second kappa shape index (κ2) is 5.82. The van der Waals surface area contributed by atoms with Crippen molar-refractivity contribution in [1.29, 1.82) is 0 Å². The van der Waals surface area contributed by atoms with E-state index in [2.05, 4.69) is 62.8 Å². The molecular formula is C13H12BrIOS. The first-order chi connectivity index (χ1) is 8.06. The average Bonchev–Trinajstić information content (AvgIpc) is 2.63. The zero-order chi connectivity index (χ0) is 12.4. The number of aliphatic hydroxyl groups is 1. The molecule has 1 N–H and O–H groups in total. The van der Waals surface area contributed by atoms with Crippen LogP contribution in [0.15, 0.2) is 34.1 Å². The molecule has 0 radical (unpaired) electrons. The maximum atomic E-state index is 10.2. The van der Waals surface area contributed by atoms with E-state index in [0.717, 1.165) is 8.66 Å². The van der Waals surface area contributed by atoms with Gasteiger partial charge in [0.1, 0.15) is 0 Å². The normalized spacial score (nSPS) is 12.7. The molecule has 1 aromatic carbocycles. The van der Waals surface area contributed by atoms with Crippen molar-refractivity contribution in [2.24, 2.45) is 0 Å². The Kier molecular flexibility index (Phi) is 4.63. The molecule has 0 aliphatic heterocycles. The topological polar surface area (TPSA) is 20.2 Å². The van der Waals surface area contributed by atoms with Gasteiger partial charge in [-0.15, -0.1) is 11.3 Å². The van der Waals surface area contributed by atoms with E-state index in [0.29, 0.717) is 6.42 Å². The van der Waals surface area contributed by atoms with Crippen molar-refractivity contribution in [2.75, 3.05) is 0 Å². The summed E-state index contributed by atoms with van der Waals surface area (Å²) in [6, 6.07) is 10.3. The predicted octanol–water partition coefficient (Wildman–Crippen LogP) is 4.70. The van der Waals surface area contributed by atoms with Gasteiger partial charge in [0.25, 0.3) is 0 Å². The maximum absolute atomic E-state index is 10.2. The van der Waals surface area contributed by atoms with Gasteiger partial charge in [-0.3, -0.25) is 0 Å². The molecule has 2 aromatic rings. The number of aliphatic hydroxyl groups excluding tert-OH is 1. The number of thiophene rings is 1. The Balaban J connectivity index is 2.11. The number of hydrogen-bond donors (Lipinski definition) is 1. The van der Waals surface area contributed by atoms with E-state index in [1.165, 1.54) is 14.7 Å². The van der Waals surface area contributed by atoms with Gasteiger partial charge in [-0.05, 0) is 74.8 Å². The Bertz CT molecular complexity index is 487. The van der Waals surface area contributed by atoms with Crippen LogP contribution >= 0.6 is 49.9 Å². The minimum Gasteiger partial charge on any atom is -0.387 e. The van der Waals surface area contributed by atoms with Gasteiger partial charge in [-0.1, -0.05) is 12.1 Å². The van der Waals surface area contributed by atoms with Crippen molar-refractivity contribution in [1.82, 2.24) is 0 Å². The Hall–Kier alpha value is 0.0900. The Morgan fingerprint density at radius 3 is 2.53 bits per heavy atom. The lowest BCUT2D eigenvalue weighted by molar-refractivity contribution is 0.182. The lowest BCUT2D eigenvalue weighted by Gasteiger charge is -2.08. The van der Waals surface area contributed by atoms with Gasteiger partial charge in [0, 0.05) is 14.9 Å².